The number of carbonyl (C=O) groups excluding carboxylic acids is 1. The number of hydrogen-bond acceptors (Lipinski definition) is 2. The molecule has 0 radical (unpaired) electrons. The summed E-state index contributed by atoms with van der Waals surface area (Å²) in [5.74, 6) is -1.40. The molecule has 2 N–H and O–H groups in total. The van der Waals surface area contributed by atoms with E-state index in [1.807, 2.05) is 18.2 Å². The van der Waals surface area contributed by atoms with E-state index in [-0.39, 0.29) is 17.8 Å². The fraction of sp³-hybridized carbons (Fsp3) is 0.188. The lowest BCUT2D eigenvalue weighted by molar-refractivity contribution is -0.118. The Morgan fingerprint density at radius 3 is 2.60 bits per heavy atom. The molecule has 2 nitrogen and oxygen atoms in total. The van der Waals surface area contributed by atoms with Crippen LogP contribution in [0.5, 0.6) is 0 Å². The van der Waals surface area contributed by atoms with Gasteiger partial charge < -0.3 is 5.73 Å². The van der Waals surface area contributed by atoms with Crippen LogP contribution in [0.4, 0.5) is 14.5 Å². The SMILES string of the molecule is Nc1cccc(CCC(=O)Cc2ccc(F)cc2F)c1. The molecule has 104 valence electrons. The monoisotopic (exact) mass is 275 g/mol. The van der Waals surface area contributed by atoms with Crippen LogP contribution in [-0.4, -0.2) is 5.78 Å². The Morgan fingerprint density at radius 2 is 1.90 bits per heavy atom. The minimum atomic E-state index is -0.678. The van der Waals surface area contributed by atoms with E-state index in [1.54, 1.807) is 6.07 Å². The second-order valence-electron chi connectivity index (χ2n) is 4.70. The van der Waals surface area contributed by atoms with E-state index in [9.17, 15) is 13.6 Å². The topological polar surface area (TPSA) is 43.1 Å². The molecular formula is C16H15F2NO. The van der Waals surface area contributed by atoms with Crippen LogP contribution in [0, 0.1) is 11.6 Å². The van der Waals surface area contributed by atoms with Crippen molar-refractivity contribution in [2.24, 2.45) is 0 Å². The summed E-state index contributed by atoms with van der Waals surface area (Å²) in [6.07, 6.45) is 0.849. The van der Waals surface area contributed by atoms with E-state index in [0.717, 1.165) is 17.7 Å². The van der Waals surface area contributed by atoms with Gasteiger partial charge in [-0.3, -0.25) is 4.79 Å². The van der Waals surface area contributed by atoms with Gasteiger partial charge in [0.1, 0.15) is 17.4 Å². The molecule has 0 aliphatic heterocycles. The fourth-order valence-corrected chi connectivity index (χ4v) is 2.00. The Kier molecular flexibility index (Phi) is 4.45. The molecule has 0 saturated heterocycles. The third kappa shape index (κ3) is 3.88. The first kappa shape index (κ1) is 14.2. The highest BCUT2D eigenvalue weighted by atomic mass is 19.1. The van der Waals surface area contributed by atoms with Crippen LogP contribution >= 0.6 is 0 Å². The molecule has 0 fully saturated rings. The summed E-state index contributed by atoms with van der Waals surface area (Å²) in [6.45, 7) is 0. The Hall–Kier alpha value is -2.23. The number of nitrogens with two attached hydrogens (primary N) is 1. The normalized spacial score (nSPS) is 10.5. The van der Waals surface area contributed by atoms with Crippen molar-refractivity contribution < 1.29 is 13.6 Å². The number of Topliss-reactive ketones (excluding diaryl/α,β-unsaturated/α-hetero) is 1. The standard InChI is InChI=1S/C16H15F2NO/c17-13-6-5-12(16(18)10-13)9-15(20)7-4-11-2-1-3-14(19)8-11/h1-3,5-6,8,10H,4,7,9,19H2. The van der Waals surface area contributed by atoms with E-state index >= 15 is 0 Å². The van der Waals surface area contributed by atoms with Crippen LogP contribution in [0.25, 0.3) is 0 Å². The lowest BCUT2D eigenvalue weighted by atomic mass is 10.0. The van der Waals surface area contributed by atoms with Gasteiger partial charge in [0.25, 0.3) is 0 Å². The van der Waals surface area contributed by atoms with Crippen molar-refractivity contribution >= 4 is 11.5 Å². The summed E-state index contributed by atoms with van der Waals surface area (Å²) in [6, 6.07) is 10.6. The zero-order valence-corrected chi connectivity index (χ0v) is 10.9. The van der Waals surface area contributed by atoms with Gasteiger partial charge >= 0.3 is 0 Å². The second-order valence-corrected chi connectivity index (χ2v) is 4.70. The van der Waals surface area contributed by atoms with E-state index < -0.39 is 11.6 Å². The van der Waals surface area contributed by atoms with Crippen molar-refractivity contribution in [3.8, 4) is 0 Å². The number of halogens is 2. The van der Waals surface area contributed by atoms with Gasteiger partial charge in [-0.15, -0.1) is 0 Å². The lowest BCUT2D eigenvalue weighted by Gasteiger charge is -2.04. The molecule has 2 rings (SSSR count). The van der Waals surface area contributed by atoms with Crippen LogP contribution in [0.2, 0.25) is 0 Å². The Balaban J connectivity index is 1.92. The van der Waals surface area contributed by atoms with Gasteiger partial charge in [-0.05, 0) is 35.7 Å². The summed E-state index contributed by atoms with van der Waals surface area (Å²) in [5.41, 5.74) is 7.50. The molecule has 0 unspecified atom stereocenters. The van der Waals surface area contributed by atoms with Gasteiger partial charge in [-0.25, -0.2) is 8.78 Å². The van der Waals surface area contributed by atoms with Crippen molar-refractivity contribution in [1.82, 2.24) is 0 Å². The van der Waals surface area contributed by atoms with Gasteiger partial charge in [0.05, 0.1) is 0 Å². The first-order chi connectivity index (χ1) is 9.54. The first-order valence-electron chi connectivity index (χ1n) is 6.34. The highest BCUT2D eigenvalue weighted by molar-refractivity contribution is 5.81. The zero-order chi connectivity index (χ0) is 14.5. The number of rotatable bonds is 5. The predicted octanol–water partition coefficient (Wildman–Crippen LogP) is 3.29. The number of anilines is 1. The highest BCUT2D eigenvalue weighted by Crippen LogP contribution is 2.13. The predicted molar refractivity (Wildman–Crippen MR) is 74.2 cm³/mol. The van der Waals surface area contributed by atoms with Crippen LogP contribution in [0.1, 0.15) is 17.5 Å². The summed E-state index contributed by atoms with van der Waals surface area (Å²) in [5, 5.41) is 0. The molecule has 0 heterocycles. The number of nitrogen functional groups attached to an aromatic ring is 1. The molecule has 2 aromatic carbocycles. The molecule has 0 spiro atoms. The van der Waals surface area contributed by atoms with Crippen molar-refractivity contribution in [2.45, 2.75) is 19.3 Å². The number of benzene rings is 2. The van der Waals surface area contributed by atoms with Crippen molar-refractivity contribution in [2.75, 3.05) is 5.73 Å². The minimum absolute atomic E-state index is 0.0194. The quantitative estimate of drug-likeness (QED) is 0.851. The van der Waals surface area contributed by atoms with Crippen molar-refractivity contribution in [3.63, 3.8) is 0 Å². The maximum atomic E-state index is 13.4. The third-order valence-electron chi connectivity index (χ3n) is 3.05. The smallest absolute Gasteiger partial charge is 0.137 e. The van der Waals surface area contributed by atoms with Crippen LogP contribution in [0.3, 0.4) is 0 Å². The molecule has 4 heteroatoms. The maximum Gasteiger partial charge on any atom is 0.137 e. The fourth-order valence-electron chi connectivity index (χ4n) is 2.00. The summed E-state index contributed by atoms with van der Waals surface area (Å²) in [4.78, 5) is 11.8. The number of aryl methyl sites for hydroxylation is 1. The maximum absolute atomic E-state index is 13.4. The van der Waals surface area contributed by atoms with Gasteiger partial charge in [-0.2, -0.15) is 0 Å². The first-order valence-corrected chi connectivity index (χ1v) is 6.34. The van der Waals surface area contributed by atoms with E-state index in [0.29, 0.717) is 18.5 Å². The van der Waals surface area contributed by atoms with E-state index in [2.05, 4.69) is 0 Å². The molecule has 2 aromatic rings. The molecule has 0 saturated carbocycles. The molecular weight excluding hydrogens is 260 g/mol. The largest absolute Gasteiger partial charge is 0.399 e. The van der Waals surface area contributed by atoms with Crippen molar-refractivity contribution in [1.29, 1.82) is 0 Å². The Labute approximate surface area is 116 Å². The average Bonchev–Trinajstić information content (AvgIpc) is 2.40. The van der Waals surface area contributed by atoms with Crippen molar-refractivity contribution in [3.05, 3.63) is 65.2 Å². The van der Waals surface area contributed by atoms with E-state index in [1.165, 1.54) is 6.07 Å². The Bertz CT molecular complexity index is 626. The van der Waals surface area contributed by atoms with Gasteiger partial charge in [0.2, 0.25) is 0 Å². The highest BCUT2D eigenvalue weighted by Gasteiger charge is 2.09. The van der Waals surface area contributed by atoms with Gasteiger partial charge in [0.15, 0.2) is 0 Å². The molecule has 20 heavy (non-hydrogen) atoms. The summed E-state index contributed by atoms with van der Waals surface area (Å²) >= 11 is 0. The average molecular weight is 275 g/mol. The van der Waals surface area contributed by atoms with Crippen LogP contribution in [-0.2, 0) is 17.6 Å². The molecule has 0 amide bonds. The summed E-state index contributed by atoms with van der Waals surface area (Å²) in [7, 11) is 0. The Morgan fingerprint density at radius 1 is 1.10 bits per heavy atom. The lowest BCUT2D eigenvalue weighted by Crippen LogP contribution is -2.06. The minimum Gasteiger partial charge on any atom is -0.399 e. The second kappa shape index (κ2) is 6.28. The summed E-state index contributed by atoms with van der Waals surface area (Å²) < 4.78 is 26.2. The van der Waals surface area contributed by atoms with Crippen LogP contribution in [0.15, 0.2) is 42.5 Å². The molecule has 0 aliphatic rings. The van der Waals surface area contributed by atoms with E-state index in [4.69, 9.17) is 5.73 Å². The third-order valence-corrected chi connectivity index (χ3v) is 3.05. The van der Waals surface area contributed by atoms with Gasteiger partial charge in [-0.1, -0.05) is 18.2 Å². The van der Waals surface area contributed by atoms with Crippen LogP contribution < -0.4 is 5.73 Å². The molecule has 0 aliphatic carbocycles. The molecule has 0 bridgehead atoms. The number of carbonyl (C=O) groups is 1. The zero-order valence-electron chi connectivity index (χ0n) is 10.9. The van der Waals surface area contributed by atoms with Gasteiger partial charge in [0, 0.05) is 24.6 Å². The number of ketones is 1. The molecule has 0 atom stereocenters. The molecule has 0 aromatic heterocycles. The number of hydrogen-bond donors (Lipinski definition) is 1.